The van der Waals surface area contributed by atoms with Crippen molar-refractivity contribution in [2.75, 3.05) is 11.9 Å². The van der Waals surface area contributed by atoms with E-state index in [9.17, 15) is 14.7 Å². The van der Waals surface area contributed by atoms with Crippen molar-refractivity contribution in [1.29, 1.82) is 0 Å². The topological polar surface area (TPSA) is 104 Å². The number of carboxylic acids is 1. The minimum Gasteiger partial charge on any atom is -0.477 e. The summed E-state index contributed by atoms with van der Waals surface area (Å²) in [5.41, 5.74) is 0.671. The normalized spacial score (nSPS) is 10.8. The van der Waals surface area contributed by atoms with Crippen LogP contribution in [0.2, 0.25) is 0 Å². The summed E-state index contributed by atoms with van der Waals surface area (Å²) in [6, 6.07) is 10.6. The molecule has 0 unspecified atom stereocenters. The largest absolute Gasteiger partial charge is 0.477 e. The second-order valence-corrected chi connectivity index (χ2v) is 5.56. The molecule has 0 spiro atoms. The van der Waals surface area contributed by atoms with Gasteiger partial charge in [-0.15, -0.1) is 0 Å². The van der Waals surface area contributed by atoms with Gasteiger partial charge in [-0.05, 0) is 23.9 Å². The van der Waals surface area contributed by atoms with E-state index in [1.807, 2.05) is 24.3 Å². The highest BCUT2D eigenvalue weighted by atomic mass is 16.4. The molecule has 2 heterocycles. The fourth-order valence-corrected chi connectivity index (χ4v) is 2.59. The molecule has 3 N–H and O–H groups in total. The zero-order valence-electron chi connectivity index (χ0n) is 13.3. The molecule has 7 nitrogen and oxygen atoms in total. The Kier molecular flexibility index (Phi) is 4.76. The first-order chi connectivity index (χ1) is 12.1. The van der Waals surface area contributed by atoms with Crippen molar-refractivity contribution in [3.8, 4) is 0 Å². The average Bonchev–Trinajstić information content (AvgIpc) is 3.02. The van der Waals surface area contributed by atoms with Gasteiger partial charge in [0.15, 0.2) is 0 Å². The molecule has 0 saturated carbocycles. The van der Waals surface area contributed by atoms with E-state index in [-0.39, 0.29) is 18.0 Å². The van der Waals surface area contributed by atoms with E-state index in [4.69, 9.17) is 5.11 Å². The number of carbonyl (C=O) groups excluding carboxylic acids is 1. The molecular formula is C18H17N3O4. The Morgan fingerprint density at radius 1 is 1.16 bits per heavy atom. The van der Waals surface area contributed by atoms with Gasteiger partial charge in [0.25, 0.3) is 5.91 Å². The summed E-state index contributed by atoms with van der Waals surface area (Å²) in [4.78, 5) is 27.8. The highest BCUT2D eigenvalue weighted by Gasteiger charge is 2.15. The third kappa shape index (κ3) is 3.67. The SMILES string of the molecule is O=C(Nc1cc(C(=O)O)n(CCCO)c1)c1cc2ccccc2cn1. The molecule has 25 heavy (non-hydrogen) atoms. The van der Waals surface area contributed by atoms with Crippen molar-refractivity contribution >= 4 is 28.3 Å². The van der Waals surface area contributed by atoms with Crippen molar-refractivity contribution in [3.05, 3.63) is 60.2 Å². The Morgan fingerprint density at radius 2 is 1.92 bits per heavy atom. The zero-order valence-corrected chi connectivity index (χ0v) is 13.3. The molecular weight excluding hydrogens is 322 g/mol. The van der Waals surface area contributed by atoms with Gasteiger partial charge in [-0.1, -0.05) is 24.3 Å². The summed E-state index contributed by atoms with van der Waals surface area (Å²) >= 11 is 0. The van der Waals surface area contributed by atoms with Crippen LogP contribution in [0.15, 0.2) is 48.8 Å². The average molecular weight is 339 g/mol. The quantitative estimate of drug-likeness (QED) is 0.639. The Morgan fingerprint density at radius 3 is 2.64 bits per heavy atom. The summed E-state index contributed by atoms with van der Waals surface area (Å²) in [7, 11) is 0. The number of nitrogens with zero attached hydrogens (tertiary/aromatic N) is 2. The molecule has 2 aromatic heterocycles. The van der Waals surface area contributed by atoms with Crippen molar-refractivity contribution in [3.63, 3.8) is 0 Å². The molecule has 3 rings (SSSR count). The Balaban J connectivity index is 1.82. The van der Waals surface area contributed by atoms with E-state index in [0.29, 0.717) is 18.7 Å². The maximum atomic E-state index is 12.4. The third-order valence-electron chi connectivity index (χ3n) is 3.79. The molecule has 0 fully saturated rings. The van der Waals surface area contributed by atoms with Gasteiger partial charge in [-0.25, -0.2) is 4.79 Å². The molecule has 0 saturated heterocycles. The summed E-state index contributed by atoms with van der Waals surface area (Å²) in [6.07, 6.45) is 3.59. The minimum atomic E-state index is -1.10. The van der Waals surface area contributed by atoms with Gasteiger partial charge in [-0.3, -0.25) is 9.78 Å². The predicted octanol–water partition coefficient (Wildman–Crippen LogP) is 2.37. The van der Waals surface area contributed by atoms with Gasteiger partial charge in [0.2, 0.25) is 0 Å². The number of nitrogens with one attached hydrogen (secondary N) is 1. The second kappa shape index (κ2) is 7.14. The lowest BCUT2D eigenvalue weighted by Crippen LogP contribution is -2.13. The van der Waals surface area contributed by atoms with E-state index in [2.05, 4.69) is 10.3 Å². The van der Waals surface area contributed by atoms with Gasteiger partial charge in [0, 0.05) is 30.9 Å². The molecule has 0 aliphatic heterocycles. The van der Waals surface area contributed by atoms with Gasteiger partial charge in [-0.2, -0.15) is 0 Å². The maximum absolute atomic E-state index is 12.4. The van der Waals surface area contributed by atoms with Crippen LogP contribution in [0.25, 0.3) is 10.8 Å². The molecule has 0 aliphatic carbocycles. The minimum absolute atomic E-state index is 0.0417. The van der Waals surface area contributed by atoms with Gasteiger partial charge < -0.3 is 20.1 Å². The molecule has 1 amide bonds. The highest BCUT2D eigenvalue weighted by molar-refractivity contribution is 6.05. The van der Waals surface area contributed by atoms with Crippen molar-refractivity contribution in [1.82, 2.24) is 9.55 Å². The number of benzene rings is 1. The van der Waals surface area contributed by atoms with E-state index in [0.717, 1.165) is 10.8 Å². The number of carbonyl (C=O) groups is 2. The monoisotopic (exact) mass is 339 g/mol. The summed E-state index contributed by atoms with van der Waals surface area (Å²) in [5, 5.41) is 22.6. The number of rotatable bonds is 6. The summed E-state index contributed by atoms with van der Waals surface area (Å²) < 4.78 is 1.49. The van der Waals surface area contributed by atoms with Crippen molar-refractivity contribution in [2.24, 2.45) is 0 Å². The van der Waals surface area contributed by atoms with Gasteiger partial charge in [0.05, 0.1) is 5.69 Å². The number of fused-ring (bicyclic) bond motifs is 1. The molecule has 128 valence electrons. The number of aromatic carboxylic acids is 1. The lowest BCUT2D eigenvalue weighted by molar-refractivity contribution is 0.0684. The van der Waals surface area contributed by atoms with Crippen LogP contribution >= 0.6 is 0 Å². The lowest BCUT2D eigenvalue weighted by atomic mass is 10.1. The number of aliphatic hydroxyl groups is 1. The number of amides is 1. The molecule has 0 bridgehead atoms. The predicted molar refractivity (Wildman–Crippen MR) is 92.8 cm³/mol. The van der Waals surface area contributed by atoms with Gasteiger partial charge >= 0.3 is 5.97 Å². The standard InChI is InChI=1S/C18H17N3O4/c22-7-3-6-21-11-14(9-16(21)18(24)25)20-17(23)15-8-12-4-1-2-5-13(12)10-19-15/h1-2,4-5,8-11,22H,3,6-7H2,(H,20,23)(H,24,25). The second-order valence-electron chi connectivity index (χ2n) is 5.56. The van der Waals surface area contributed by atoms with Crippen LogP contribution in [0.3, 0.4) is 0 Å². The summed E-state index contributed by atoms with van der Waals surface area (Å²) in [5.74, 6) is -1.51. The van der Waals surface area contributed by atoms with Gasteiger partial charge in [0.1, 0.15) is 11.4 Å². The first-order valence-electron chi connectivity index (χ1n) is 7.79. The highest BCUT2D eigenvalue weighted by Crippen LogP contribution is 2.18. The Labute approximate surface area is 143 Å². The maximum Gasteiger partial charge on any atom is 0.352 e. The number of aliphatic hydroxyl groups excluding tert-OH is 1. The van der Waals surface area contributed by atoms with Crippen LogP contribution < -0.4 is 5.32 Å². The number of anilines is 1. The van der Waals surface area contributed by atoms with Crippen LogP contribution in [-0.2, 0) is 6.54 Å². The number of pyridine rings is 1. The van der Waals surface area contributed by atoms with Crippen molar-refractivity contribution < 1.29 is 19.8 Å². The molecule has 0 aliphatic rings. The molecule has 7 heteroatoms. The fraction of sp³-hybridized carbons (Fsp3) is 0.167. The number of aromatic nitrogens is 2. The molecule has 3 aromatic rings. The lowest BCUT2D eigenvalue weighted by Gasteiger charge is -2.04. The smallest absolute Gasteiger partial charge is 0.352 e. The van der Waals surface area contributed by atoms with E-state index < -0.39 is 11.9 Å². The number of carboxylic acid groups (broad SMARTS) is 1. The van der Waals surface area contributed by atoms with E-state index in [1.54, 1.807) is 12.3 Å². The fourth-order valence-electron chi connectivity index (χ4n) is 2.59. The van der Waals surface area contributed by atoms with E-state index >= 15 is 0 Å². The zero-order chi connectivity index (χ0) is 17.8. The Hall–Kier alpha value is -3.19. The van der Waals surface area contributed by atoms with Crippen LogP contribution in [0.4, 0.5) is 5.69 Å². The number of hydrogen-bond acceptors (Lipinski definition) is 4. The molecule has 0 radical (unpaired) electrons. The van der Waals surface area contributed by atoms with Crippen LogP contribution in [-0.4, -0.2) is 38.2 Å². The Bertz CT molecular complexity index is 933. The number of aryl methyl sites for hydroxylation is 1. The third-order valence-corrected chi connectivity index (χ3v) is 3.79. The summed E-state index contributed by atoms with van der Waals surface area (Å²) in [6.45, 7) is 0.308. The van der Waals surface area contributed by atoms with Crippen molar-refractivity contribution in [2.45, 2.75) is 13.0 Å². The molecule has 0 atom stereocenters. The first-order valence-corrected chi connectivity index (χ1v) is 7.79. The first kappa shape index (κ1) is 16.7. The van der Waals surface area contributed by atoms with Crippen LogP contribution in [0.1, 0.15) is 27.4 Å². The van der Waals surface area contributed by atoms with E-state index in [1.165, 1.54) is 16.8 Å². The molecule has 1 aromatic carbocycles. The van der Waals surface area contributed by atoms with Crippen LogP contribution in [0, 0.1) is 0 Å². The van der Waals surface area contributed by atoms with Crippen LogP contribution in [0.5, 0.6) is 0 Å². The number of hydrogen-bond donors (Lipinski definition) is 3.